The molecule has 0 bridgehead atoms. The number of hydrogen-bond donors (Lipinski definition) is 2. The molecule has 90 valence electrons. The second-order valence-electron chi connectivity index (χ2n) is 3.18. The van der Waals surface area contributed by atoms with Crippen molar-refractivity contribution in [1.29, 1.82) is 0 Å². The molecule has 0 spiro atoms. The second-order valence-corrected chi connectivity index (χ2v) is 3.18. The number of rotatable bonds is 1. The van der Waals surface area contributed by atoms with Crippen molar-refractivity contribution < 1.29 is 23.1 Å². The van der Waals surface area contributed by atoms with Crippen molar-refractivity contribution in [2.75, 3.05) is 5.73 Å². The largest absolute Gasteiger partial charge is 0.481 e. The van der Waals surface area contributed by atoms with Gasteiger partial charge in [-0.3, -0.25) is 4.79 Å². The monoisotopic (exact) mass is 243 g/mol. The van der Waals surface area contributed by atoms with Crippen LogP contribution >= 0.6 is 0 Å². The molecule has 0 amide bonds. The van der Waals surface area contributed by atoms with Gasteiger partial charge in [0.25, 0.3) is 0 Å². The third-order valence-electron chi connectivity index (χ3n) is 1.81. The van der Waals surface area contributed by atoms with E-state index < -0.39 is 24.1 Å². The molecular weight excluding hydrogens is 235 g/mol. The maximum Gasteiger partial charge on any atom is 0.417 e. The number of halogens is 3. The Hall–Kier alpha value is -2.16. The Balaban J connectivity index is 3.15. The van der Waals surface area contributed by atoms with E-state index >= 15 is 0 Å². The summed E-state index contributed by atoms with van der Waals surface area (Å²) in [4.78, 5) is 10.2. The van der Waals surface area contributed by atoms with E-state index in [4.69, 9.17) is 10.8 Å². The van der Waals surface area contributed by atoms with Crippen LogP contribution in [0.15, 0.2) is 18.2 Å². The minimum Gasteiger partial charge on any atom is -0.481 e. The van der Waals surface area contributed by atoms with Gasteiger partial charge in [0.2, 0.25) is 0 Å². The molecule has 0 saturated heterocycles. The molecule has 1 rings (SSSR count). The number of alkyl halides is 3. The summed E-state index contributed by atoms with van der Waals surface area (Å²) in [5.41, 5.74) is 4.24. The van der Waals surface area contributed by atoms with E-state index in [2.05, 4.69) is 11.8 Å². The van der Waals surface area contributed by atoms with Gasteiger partial charge < -0.3 is 10.8 Å². The highest BCUT2D eigenvalue weighted by Gasteiger charge is 2.32. The van der Waals surface area contributed by atoms with E-state index in [1.165, 1.54) is 0 Å². The molecule has 1 aromatic carbocycles. The number of carbonyl (C=O) groups is 1. The highest BCUT2D eigenvalue weighted by Crippen LogP contribution is 2.32. The third kappa shape index (κ3) is 3.72. The van der Waals surface area contributed by atoms with Gasteiger partial charge in [0, 0.05) is 11.3 Å². The summed E-state index contributed by atoms with van der Waals surface area (Å²) in [5, 5.41) is 8.33. The Morgan fingerprint density at radius 1 is 1.41 bits per heavy atom. The van der Waals surface area contributed by atoms with Gasteiger partial charge in [-0.25, -0.2) is 0 Å². The maximum absolute atomic E-state index is 12.5. The van der Waals surface area contributed by atoms with Crippen LogP contribution in [0.1, 0.15) is 17.5 Å². The quantitative estimate of drug-likeness (QED) is 0.586. The van der Waals surface area contributed by atoms with E-state index in [0.29, 0.717) is 0 Å². The number of hydrogen-bond acceptors (Lipinski definition) is 2. The summed E-state index contributed by atoms with van der Waals surface area (Å²) >= 11 is 0. The van der Waals surface area contributed by atoms with Gasteiger partial charge in [0.1, 0.15) is 6.42 Å². The number of carboxylic acids is 1. The Kier molecular flexibility index (Phi) is 3.63. The van der Waals surface area contributed by atoms with Crippen LogP contribution in [0.4, 0.5) is 18.9 Å². The number of nitrogen functional groups attached to an aromatic ring is 1. The van der Waals surface area contributed by atoms with Gasteiger partial charge in [-0.15, -0.1) is 0 Å². The van der Waals surface area contributed by atoms with Crippen LogP contribution in [0.25, 0.3) is 0 Å². The smallest absolute Gasteiger partial charge is 0.417 e. The van der Waals surface area contributed by atoms with Gasteiger partial charge in [0.05, 0.1) is 5.56 Å². The normalized spacial score (nSPS) is 10.5. The lowest BCUT2D eigenvalue weighted by Crippen LogP contribution is -2.08. The fraction of sp³-hybridized carbons (Fsp3) is 0.182. The summed E-state index contributed by atoms with van der Waals surface area (Å²) in [6.45, 7) is 0. The van der Waals surface area contributed by atoms with Crippen LogP contribution in [-0.4, -0.2) is 11.1 Å². The fourth-order valence-electron chi connectivity index (χ4n) is 1.13. The van der Waals surface area contributed by atoms with E-state index in [1.807, 2.05) is 0 Å². The number of anilines is 1. The molecule has 0 saturated carbocycles. The van der Waals surface area contributed by atoms with Crippen LogP contribution in [0.3, 0.4) is 0 Å². The van der Waals surface area contributed by atoms with Crippen molar-refractivity contribution in [3.8, 4) is 11.8 Å². The Labute approximate surface area is 95.0 Å². The SMILES string of the molecule is Nc1ccc(C(F)(F)F)c(C#CCC(=O)O)c1. The van der Waals surface area contributed by atoms with Gasteiger partial charge in [0.15, 0.2) is 0 Å². The van der Waals surface area contributed by atoms with E-state index in [1.54, 1.807) is 0 Å². The molecule has 17 heavy (non-hydrogen) atoms. The minimum atomic E-state index is -4.54. The van der Waals surface area contributed by atoms with Crippen LogP contribution in [0, 0.1) is 11.8 Å². The van der Waals surface area contributed by atoms with Crippen molar-refractivity contribution in [1.82, 2.24) is 0 Å². The van der Waals surface area contributed by atoms with Crippen molar-refractivity contribution >= 4 is 11.7 Å². The second kappa shape index (κ2) is 4.78. The van der Waals surface area contributed by atoms with E-state index in [0.717, 1.165) is 18.2 Å². The highest BCUT2D eigenvalue weighted by atomic mass is 19.4. The Morgan fingerprint density at radius 3 is 2.59 bits per heavy atom. The maximum atomic E-state index is 12.5. The van der Waals surface area contributed by atoms with E-state index in [9.17, 15) is 18.0 Å². The van der Waals surface area contributed by atoms with Crippen LogP contribution in [-0.2, 0) is 11.0 Å². The Morgan fingerprint density at radius 2 is 2.06 bits per heavy atom. The molecule has 0 heterocycles. The fourth-order valence-corrected chi connectivity index (χ4v) is 1.13. The van der Waals surface area contributed by atoms with Gasteiger partial charge in [-0.1, -0.05) is 11.8 Å². The Bertz CT molecular complexity index is 498. The molecule has 6 heteroatoms. The number of aliphatic carboxylic acids is 1. The van der Waals surface area contributed by atoms with E-state index in [-0.39, 0.29) is 11.3 Å². The van der Waals surface area contributed by atoms with Crippen LogP contribution in [0.5, 0.6) is 0 Å². The first kappa shape index (κ1) is 12.9. The molecule has 1 aromatic rings. The molecular formula is C11H8F3NO2. The molecule has 0 radical (unpaired) electrons. The van der Waals surface area contributed by atoms with Crippen molar-refractivity contribution in [3.63, 3.8) is 0 Å². The molecule has 0 aliphatic heterocycles. The van der Waals surface area contributed by atoms with Crippen LogP contribution in [0.2, 0.25) is 0 Å². The summed E-state index contributed by atoms with van der Waals surface area (Å²) < 4.78 is 37.6. The third-order valence-corrected chi connectivity index (χ3v) is 1.81. The standard InChI is InChI=1S/C11H8F3NO2/c12-11(13,14)9-5-4-8(15)6-7(9)2-1-3-10(16)17/h4-6H,3,15H2,(H,16,17). The molecule has 3 nitrogen and oxygen atoms in total. The molecule has 0 aromatic heterocycles. The summed E-state index contributed by atoms with van der Waals surface area (Å²) in [7, 11) is 0. The predicted molar refractivity (Wildman–Crippen MR) is 55.0 cm³/mol. The first-order valence-electron chi connectivity index (χ1n) is 4.48. The molecule has 0 fully saturated rings. The minimum absolute atomic E-state index is 0.137. The lowest BCUT2D eigenvalue weighted by molar-refractivity contribution is -0.138. The average Bonchev–Trinajstić information content (AvgIpc) is 2.15. The molecule has 0 aliphatic rings. The molecule has 0 atom stereocenters. The van der Waals surface area contributed by atoms with Crippen molar-refractivity contribution in [2.24, 2.45) is 0 Å². The molecule has 0 aliphatic carbocycles. The summed E-state index contributed by atoms with van der Waals surface area (Å²) in [6.07, 6.45) is -5.06. The zero-order valence-corrected chi connectivity index (χ0v) is 8.51. The topological polar surface area (TPSA) is 63.3 Å². The summed E-state index contributed by atoms with van der Waals surface area (Å²) in [6, 6.07) is 3.00. The first-order chi connectivity index (χ1) is 7.80. The van der Waals surface area contributed by atoms with Crippen molar-refractivity contribution in [2.45, 2.75) is 12.6 Å². The number of carboxylic acid groups (broad SMARTS) is 1. The van der Waals surface area contributed by atoms with Gasteiger partial charge in [-0.2, -0.15) is 13.2 Å². The van der Waals surface area contributed by atoms with Crippen LogP contribution < -0.4 is 5.73 Å². The number of nitrogens with two attached hydrogens (primary N) is 1. The van der Waals surface area contributed by atoms with Crippen molar-refractivity contribution in [3.05, 3.63) is 29.3 Å². The first-order valence-corrected chi connectivity index (χ1v) is 4.48. The van der Waals surface area contributed by atoms with Gasteiger partial charge in [-0.05, 0) is 18.2 Å². The average molecular weight is 243 g/mol. The van der Waals surface area contributed by atoms with Gasteiger partial charge >= 0.3 is 12.1 Å². The number of benzene rings is 1. The predicted octanol–water partition coefficient (Wildman–Crippen LogP) is 2.11. The highest BCUT2D eigenvalue weighted by molar-refractivity contribution is 5.70. The lowest BCUT2D eigenvalue weighted by atomic mass is 10.1. The molecule has 3 N–H and O–H groups in total. The zero-order valence-electron chi connectivity index (χ0n) is 8.51. The zero-order chi connectivity index (χ0) is 13.1. The molecule has 0 unspecified atom stereocenters. The lowest BCUT2D eigenvalue weighted by Gasteiger charge is -2.09. The summed E-state index contributed by atoms with van der Waals surface area (Å²) in [5.74, 6) is 3.10.